The maximum absolute atomic E-state index is 13.7. The van der Waals surface area contributed by atoms with Crippen LogP contribution < -0.4 is 11.1 Å². The van der Waals surface area contributed by atoms with Crippen LogP contribution in [0.3, 0.4) is 0 Å². The molecule has 0 fully saturated rings. The Morgan fingerprint density at radius 2 is 2.16 bits per heavy atom. The van der Waals surface area contributed by atoms with Gasteiger partial charge in [-0.3, -0.25) is 4.79 Å². The van der Waals surface area contributed by atoms with Gasteiger partial charge in [-0.1, -0.05) is 12.1 Å². The number of carbonyl (C=O) groups is 1. The van der Waals surface area contributed by atoms with Gasteiger partial charge in [0.15, 0.2) is 5.76 Å². The molecular weight excluding hydrogens is 247 g/mol. The van der Waals surface area contributed by atoms with Gasteiger partial charge in [0.25, 0.3) is 5.91 Å². The fourth-order valence-electron chi connectivity index (χ4n) is 1.68. The summed E-state index contributed by atoms with van der Waals surface area (Å²) in [6.07, 6.45) is 0. The lowest BCUT2D eigenvalue weighted by atomic mass is 10.1. The van der Waals surface area contributed by atoms with E-state index in [0.717, 1.165) is 0 Å². The molecule has 0 aliphatic rings. The Labute approximate surface area is 110 Å². The fourth-order valence-corrected chi connectivity index (χ4v) is 1.68. The molecule has 4 nitrogen and oxygen atoms in total. The number of furan rings is 1. The Hall–Kier alpha value is -2.14. The highest BCUT2D eigenvalue weighted by Gasteiger charge is 2.10. The van der Waals surface area contributed by atoms with E-state index in [1.165, 1.54) is 6.07 Å². The third-order valence-electron chi connectivity index (χ3n) is 2.76. The van der Waals surface area contributed by atoms with Crippen LogP contribution in [0.25, 0.3) is 0 Å². The first-order valence-corrected chi connectivity index (χ1v) is 5.92. The number of benzene rings is 1. The van der Waals surface area contributed by atoms with E-state index in [1.807, 2.05) is 0 Å². The second-order valence-electron chi connectivity index (χ2n) is 4.22. The minimum absolute atomic E-state index is 0.106. The predicted octanol–water partition coefficient (Wildman–Crippen LogP) is 2.12. The summed E-state index contributed by atoms with van der Waals surface area (Å²) in [5.41, 5.74) is 6.55. The van der Waals surface area contributed by atoms with Crippen molar-refractivity contribution in [1.29, 1.82) is 0 Å². The maximum atomic E-state index is 13.7. The summed E-state index contributed by atoms with van der Waals surface area (Å²) in [6.45, 7) is 2.15. The van der Waals surface area contributed by atoms with Crippen LogP contribution >= 0.6 is 0 Å². The minimum Gasteiger partial charge on any atom is -0.456 e. The largest absolute Gasteiger partial charge is 0.456 e. The predicted molar refractivity (Wildman–Crippen MR) is 68.9 cm³/mol. The molecule has 1 aromatic carbocycles. The number of rotatable bonds is 4. The fraction of sp³-hybridized carbons (Fsp3) is 0.214. The van der Waals surface area contributed by atoms with Crippen molar-refractivity contribution in [2.75, 3.05) is 0 Å². The van der Waals surface area contributed by atoms with E-state index in [4.69, 9.17) is 10.2 Å². The molecule has 3 N–H and O–H groups in total. The molecule has 1 heterocycles. The van der Waals surface area contributed by atoms with Gasteiger partial charge in [-0.25, -0.2) is 4.39 Å². The molecule has 0 aliphatic carbocycles. The number of nitrogens with two attached hydrogens (primary N) is 1. The smallest absolute Gasteiger partial charge is 0.287 e. The zero-order valence-corrected chi connectivity index (χ0v) is 10.6. The minimum atomic E-state index is -0.376. The van der Waals surface area contributed by atoms with Gasteiger partial charge in [0.05, 0.1) is 0 Å². The van der Waals surface area contributed by atoms with Crippen molar-refractivity contribution in [2.45, 2.75) is 20.0 Å². The Bertz CT molecular complexity index is 593. The summed E-state index contributed by atoms with van der Waals surface area (Å²) in [4.78, 5) is 11.7. The topological polar surface area (TPSA) is 68.3 Å². The maximum Gasteiger partial charge on any atom is 0.287 e. The summed E-state index contributed by atoms with van der Waals surface area (Å²) >= 11 is 0. The van der Waals surface area contributed by atoms with E-state index in [9.17, 15) is 9.18 Å². The lowest BCUT2D eigenvalue weighted by molar-refractivity contribution is 0.0921. The third-order valence-corrected chi connectivity index (χ3v) is 2.76. The van der Waals surface area contributed by atoms with Crippen molar-refractivity contribution in [3.8, 4) is 0 Å². The van der Waals surface area contributed by atoms with Crippen LogP contribution in [-0.2, 0) is 13.1 Å². The summed E-state index contributed by atoms with van der Waals surface area (Å²) in [5, 5.41) is 2.60. The van der Waals surface area contributed by atoms with Crippen molar-refractivity contribution in [3.63, 3.8) is 0 Å². The molecule has 0 spiro atoms. The normalized spacial score (nSPS) is 10.5. The van der Waals surface area contributed by atoms with Crippen LogP contribution in [0.4, 0.5) is 4.39 Å². The van der Waals surface area contributed by atoms with E-state index in [2.05, 4.69) is 5.32 Å². The van der Waals surface area contributed by atoms with E-state index in [0.29, 0.717) is 16.9 Å². The summed E-state index contributed by atoms with van der Waals surface area (Å²) in [5.74, 6) is 0.134. The zero-order valence-electron chi connectivity index (χ0n) is 10.6. The van der Waals surface area contributed by atoms with Crippen molar-refractivity contribution >= 4 is 5.91 Å². The highest BCUT2D eigenvalue weighted by Crippen LogP contribution is 2.11. The lowest BCUT2D eigenvalue weighted by Crippen LogP contribution is -2.22. The average Bonchev–Trinajstić information content (AvgIpc) is 2.83. The molecule has 0 bridgehead atoms. The first kappa shape index (κ1) is 13.3. The Morgan fingerprint density at radius 1 is 1.37 bits per heavy atom. The number of hydrogen-bond acceptors (Lipinski definition) is 3. The average molecular weight is 262 g/mol. The number of hydrogen-bond donors (Lipinski definition) is 2. The molecule has 0 aliphatic heterocycles. The number of aryl methyl sites for hydroxylation is 1. The molecule has 1 aromatic heterocycles. The first-order chi connectivity index (χ1) is 9.10. The van der Waals surface area contributed by atoms with E-state index in [1.54, 1.807) is 31.2 Å². The molecule has 1 amide bonds. The van der Waals surface area contributed by atoms with Crippen LogP contribution in [0.15, 0.2) is 34.7 Å². The lowest BCUT2D eigenvalue weighted by Gasteiger charge is -2.06. The van der Waals surface area contributed by atoms with Crippen LogP contribution in [0.1, 0.15) is 27.4 Å². The van der Waals surface area contributed by atoms with Crippen LogP contribution in [0, 0.1) is 12.7 Å². The first-order valence-electron chi connectivity index (χ1n) is 5.92. The molecule has 0 radical (unpaired) electrons. The summed E-state index contributed by atoms with van der Waals surface area (Å²) in [6, 6.07) is 8.01. The highest BCUT2D eigenvalue weighted by atomic mass is 19.1. The monoisotopic (exact) mass is 262 g/mol. The van der Waals surface area contributed by atoms with Gasteiger partial charge < -0.3 is 15.5 Å². The Kier molecular flexibility index (Phi) is 3.97. The molecule has 100 valence electrons. The Balaban J connectivity index is 2.01. The van der Waals surface area contributed by atoms with Crippen LogP contribution in [0.5, 0.6) is 0 Å². The van der Waals surface area contributed by atoms with Crippen molar-refractivity contribution < 1.29 is 13.6 Å². The van der Waals surface area contributed by atoms with Gasteiger partial charge in [0, 0.05) is 18.7 Å². The number of amides is 1. The van der Waals surface area contributed by atoms with E-state index >= 15 is 0 Å². The van der Waals surface area contributed by atoms with Crippen molar-refractivity contribution in [3.05, 3.63) is 58.8 Å². The molecule has 0 saturated heterocycles. The van der Waals surface area contributed by atoms with Crippen LogP contribution in [0.2, 0.25) is 0 Å². The number of halogens is 1. The molecule has 19 heavy (non-hydrogen) atoms. The van der Waals surface area contributed by atoms with Gasteiger partial charge in [-0.15, -0.1) is 0 Å². The van der Waals surface area contributed by atoms with E-state index in [-0.39, 0.29) is 30.6 Å². The summed E-state index contributed by atoms with van der Waals surface area (Å²) < 4.78 is 18.8. The standard InChI is InChI=1S/C14H15FN2O2/c1-9-2-5-13(19-9)14(18)17-8-11-4-3-10(7-16)6-12(11)15/h2-6H,7-8,16H2,1H3,(H,17,18). The SMILES string of the molecule is Cc1ccc(C(=O)NCc2ccc(CN)cc2F)o1. The quantitative estimate of drug-likeness (QED) is 0.886. The number of carbonyl (C=O) groups excluding carboxylic acids is 1. The molecule has 0 saturated carbocycles. The third kappa shape index (κ3) is 3.20. The molecule has 0 unspecified atom stereocenters. The number of nitrogens with one attached hydrogen (secondary N) is 1. The Morgan fingerprint density at radius 3 is 2.74 bits per heavy atom. The van der Waals surface area contributed by atoms with Crippen LogP contribution in [-0.4, -0.2) is 5.91 Å². The summed E-state index contributed by atoms with van der Waals surface area (Å²) in [7, 11) is 0. The second kappa shape index (κ2) is 5.67. The van der Waals surface area contributed by atoms with Crippen molar-refractivity contribution in [2.24, 2.45) is 5.73 Å². The van der Waals surface area contributed by atoms with Gasteiger partial charge in [-0.2, -0.15) is 0 Å². The molecule has 0 atom stereocenters. The van der Waals surface area contributed by atoms with E-state index < -0.39 is 0 Å². The molecular formula is C14H15FN2O2. The van der Waals surface area contributed by atoms with Gasteiger partial charge in [-0.05, 0) is 30.7 Å². The van der Waals surface area contributed by atoms with Gasteiger partial charge in [0.1, 0.15) is 11.6 Å². The highest BCUT2D eigenvalue weighted by molar-refractivity contribution is 5.91. The molecule has 5 heteroatoms. The van der Waals surface area contributed by atoms with Gasteiger partial charge in [0.2, 0.25) is 0 Å². The van der Waals surface area contributed by atoms with Crippen molar-refractivity contribution in [1.82, 2.24) is 5.32 Å². The second-order valence-corrected chi connectivity index (χ2v) is 4.22. The van der Waals surface area contributed by atoms with Gasteiger partial charge >= 0.3 is 0 Å². The zero-order chi connectivity index (χ0) is 13.8. The molecule has 2 rings (SSSR count). The molecule has 2 aromatic rings.